The van der Waals surface area contributed by atoms with Crippen LogP contribution >= 0.6 is 0 Å². The molecule has 0 saturated carbocycles. The molecule has 4 rings (SSSR count). The predicted molar refractivity (Wildman–Crippen MR) is 113 cm³/mol. The van der Waals surface area contributed by atoms with E-state index in [1.165, 1.54) is 23.4 Å². The minimum absolute atomic E-state index is 0.0247. The first-order valence-electron chi connectivity index (χ1n) is 10.2. The number of benzene rings is 2. The van der Waals surface area contributed by atoms with E-state index in [2.05, 4.69) is 4.90 Å². The molecule has 0 spiro atoms. The van der Waals surface area contributed by atoms with Crippen LogP contribution in [0.4, 0.5) is 10.1 Å². The number of amides is 1. The molecule has 1 fully saturated rings. The molecule has 2 aliphatic rings. The third-order valence-corrected chi connectivity index (χ3v) is 7.63. The van der Waals surface area contributed by atoms with Gasteiger partial charge in [-0.2, -0.15) is 4.31 Å². The highest BCUT2D eigenvalue weighted by Crippen LogP contribution is 2.34. The third-order valence-electron chi connectivity index (χ3n) is 5.80. The van der Waals surface area contributed by atoms with Crippen LogP contribution in [0.2, 0.25) is 0 Å². The van der Waals surface area contributed by atoms with Gasteiger partial charge in [0.15, 0.2) is 0 Å². The van der Waals surface area contributed by atoms with E-state index in [9.17, 15) is 17.6 Å². The Kier molecular flexibility index (Phi) is 5.65. The van der Waals surface area contributed by atoms with Crippen molar-refractivity contribution in [2.75, 3.05) is 24.7 Å². The second-order valence-corrected chi connectivity index (χ2v) is 10.0. The largest absolute Gasteiger partial charge is 0.309 e. The summed E-state index contributed by atoms with van der Waals surface area (Å²) in [6.07, 6.45) is 1.38. The zero-order valence-electron chi connectivity index (χ0n) is 17.2. The van der Waals surface area contributed by atoms with Crippen molar-refractivity contribution in [3.05, 3.63) is 59.4 Å². The summed E-state index contributed by atoms with van der Waals surface area (Å²) in [6.45, 7) is 5.62. The summed E-state index contributed by atoms with van der Waals surface area (Å²) < 4.78 is 41.2. The number of carbonyl (C=O) groups is 1. The van der Waals surface area contributed by atoms with Gasteiger partial charge in [0.1, 0.15) is 5.82 Å². The number of anilines is 1. The Morgan fingerprint density at radius 3 is 2.57 bits per heavy atom. The van der Waals surface area contributed by atoms with Crippen LogP contribution in [0.25, 0.3) is 0 Å². The first-order chi connectivity index (χ1) is 14.3. The number of nitrogens with zero attached hydrogens (tertiary/aromatic N) is 3. The fraction of sp³-hybridized carbons (Fsp3) is 0.409. The zero-order chi connectivity index (χ0) is 21.5. The monoisotopic (exact) mass is 431 g/mol. The minimum Gasteiger partial charge on any atom is -0.309 e. The Hall–Kier alpha value is -2.29. The van der Waals surface area contributed by atoms with Crippen LogP contribution in [-0.2, 0) is 27.8 Å². The van der Waals surface area contributed by atoms with Crippen molar-refractivity contribution < 1.29 is 17.6 Å². The second kappa shape index (κ2) is 8.09. The Balaban J connectivity index is 1.53. The van der Waals surface area contributed by atoms with Gasteiger partial charge in [0.25, 0.3) is 0 Å². The van der Waals surface area contributed by atoms with E-state index in [0.29, 0.717) is 26.2 Å². The van der Waals surface area contributed by atoms with E-state index >= 15 is 0 Å². The molecule has 0 bridgehead atoms. The molecule has 2 heterocycles. The summed E-state index contributed by atoms with van der Waals surface area (Å²) in [6, 6.07) is 11.4. The van der Waals surface area contributed by atoms with Gasteiger partial charge in [-0.3, -0.25) is 9.69 Å². The van der Waals surface area contributed by atoms with Gasteiger partial charge in [-0.1, -0.05) is 12.1 Å². The van der Waals surface area contributed by atoms with Crippen molar-refractivity contribution in [2.45, 2.75) is 44.2 Å². The molecule has 30 heavy (non-hydrogen) atoms. The van der Waals surface area contributed by atoms with Gasteiger partial charge in [-0.15, -0.1) is 0 Å². The van der Waals surface area contributed by atoms with Crippen molar-refractivity contribution in [3.63, 3.8) is 0 Å². The predicted octanol–water partition coefficient (Wildman–Crippen LogP) is 2.98. The molecule has 2 aliphatic heterocycles. The lowest BCUT2D eigenvalue weighted by Crippen LogP contribution is -2.47. The number of hydrogen-bond donors (Lipinski definition) is 0. The van der Waals surface area contributed by atoms with Gasteiger partial charge >= 0.3 is 0 Å². The highest BCUT2D eigenvalue weighted by molar-refractivity contribution is 7.89. The molecule has 8 heteroatoms. The van der Waals surface area contributed by atoms with Crippen LogP contribution in [0, 0.1) is 5.82 Å². The third kappa shape index (κ3) is 3.99. The lowest BCUT2D eigenvalue weighted by Gasteiger charge is -2.35. The minimum atomic E-state index is -3.64. The number of hydrogen-bond acceptors (Lipinski definition) is 4. The smallest absolute Gasteiger partial charge is 0.244 e. The summed E-state index contributed by atoms with van der Waals surface area (Å²) in [7, 11) is -3.64. The number of sulfonamides is 1. The molecular formula is C22H26FN3O3S. The Bertz CT molecular complexity index is 1060. The maximum Gasteiger partial charge on any atom is 0.244 e. The lowest BCUT2D eigenvalue weighted by atomic mass is 10.1. The van der Waals surface area contributed by atoms with E-state index in [0.717, 1.165) is 29.8 Å². The topological polar surface area (TPSA) is 60.9 Å². The molecular weight excluding hydrogens is 405 g/mol. The van der Waals surface area contributed by atoms with Gasteiger partial charge in [-0.05, 0) is 61.2 Å². The maximum atomic E-state index is 13.3. The average Bonchev–Trinajstić information content (AvgIpc) is 3.05. The van der Waals surface area contributed by atoms with Gasteiger partial charge in [0.05, 0.1) is 11.6 Å². The van der Waals surface area contributed by atoms with Gasteiger partial charge in [0, 0.05) is 38.3 Å². The zero-order valence-corrected chi connectivity index (χ0v) is 18.0. The molecule has 160 valence electrons. The van der Waals surface area contributed by atoms with Crippen LogP contribution in [0.5, 0.6) is 0 Å². The summed E-state index contributed by atoms with van der Waals surface area (Å²) in [5.41, 5.74) is 2.64. The number of halogens is 1. The van der Waals surface area contributed by atoms with E-state index < -0.39 is 10.0 Å². The molecule has 6 nitrogen and oxygen atoms in total. The van der Waals surface area contributed by atoms with E-state index in [1.54, 1.807) is 35.2 Å². The van der Waals surface area contributed by atoms with Crippen molar-refractivity contribution >= 4 is 21.6 Å². The molecule has 0 N–H and O–H groups in total. The van der Waals surface area contributed by atoms with Crippen molar-refractivity contribution in [1.29, 1.82) is 0 Å². The normalized spacial score (nSPS) is 20.4. The molecule has 1 atom stereocenters. The van der Waals surface area contributed by atoms with Gasteiger partial charge in [-0.25, -0.2) is 12.8 Å². The van der Waals surface area contributed by atoms with E-state index in [1.807, 2.05) is 6.92 Å². The standard InChI is InChI=1S/C22H26FN3O3S/c1-16-12-19-13-21(8-9-22(19)26(16)17(2)27)30(28,29)25-11-3-10-24(15-25)14-18-4-6-20(23)7-5-18/h4-9,13,16H,3,10-12,14-15H2,1-2H3/t16-/m1/s1. The average molecular weight is 432 g/mol. The van der Waals surface area contributed by atoms with Gasteiger partial charge in [0.2, 0.25) is 15.9 Å². The molecule has 2 aromatic carbocycles. The van der Waals surface area contributed by atoms with Crippen LogP contribution in [-0.4, -0.2) is 49.3 Å². The first-order valence-corrected chi connectivity index (χ1v) is 11.6. The van der Waals surface area contributed by atoms with E-state index in [4.69, 9.17) is 0 Å². The molecule has 1 saturated heterocycles. The maximum absolute atomic E-state index is 13.3. The number of rotatable bonds is 4. The van der Waals surface area contributed by atoms with Gasteiger partial charge < -0.3 is 4.90 Å². The fourth-order valence-corrected chi connectivity index (χ4v) is 5.92. The second-order valence-electron chi connectivity index (χ2n) is 8.09. The highest BCUT2D eigenvalue weighted by atomic mass is 32.2. The fourth-order valence-electron chi connectivity index (χ4n) is 4.41. The molecule has 1 amide bonds. The van der Waals surface area contributed by atoms with Crippen molar-refractivity contribution in [1.82, 2.24) is 9.21 Å². The quantitative estimate of drug-likeness (QED) is 0.747. The molecule has 2 aromatic rings. The van der Waals surface area contributed by atoms with Crippen molar-refractivity contribution in [2.24, 2.45) is 0 Å². The summed E-state index contributed by atoms with van der Waals surface area (Å²) in [5, 5.41) is 0. The van der Waals surface area contributed by atoms with Crippen LogP contribution < -0.4 is 4.90 Å². The Labute approximate surface area is 176 Å². The number of fused-ring (bicyclic) bond motifs is 1. The summed E-state index contributed by atoms with van der Waals surface area (Å²) in [5.74, 6) is -0.319. The highest BCUT2D eigenvalue weighted by Gasteiger charge is 2.33. The number of carbonyl (C=O) groups excluding carboxylic acids is 1. The van der Waals surface area contributed by atoms with Crippen LogP contribution in [0.3, 0.4) is 0 Å². The summed E-state index contributed by atoms with van der Waals surface area (Å²) >= 11 is 0. The van der Waals surface area contributed by atoms with Crippen LogP contribution in [0.15, 0.2) is 47.4 Å². The Morgan fingerprint density at radius 2 is 1.87 bits per heavy atom. The molecule has 0 unspecified atom stereocenters. The SMILES string of the molecule is CC(=O)N1c2ccc(S(=O)(=O)N3CCCN(Cc4ccc(F)cc4)C3)cc2C[C@H]1C. The lowest BCUT2D eigenvalue weighted by molar-refractivity contribution is -0.116. The molecule has 0 aliphatic carbocycles. The molecule has 0 radical (unpaired) electrons. The molecule has 0 aromatic heterocycles. The first kappa shape index (κ1) is 21.0. The Morgan fingerprint density at radius 1 is 1.13 bits per heavy atom. The summed E-state index contributed by atoms with van der Waals surface area (Å²) in [4.78, 5) is 16.0. The van der Waals surface area contributed by atoms with Crippen molar-refractivity contribution in [3.8, 4) is 0 Å². The van der Waals surface area contributed by atoms with Crippen LogP contribution in [0.1, 0.15) is 31.4 Å². The van der Waals surface area contributed by atoms with E-state index in [-0.39, 0.29) is 22.7 Å².